The number of piperidine rings is 1. The summed E-state index contributed by atoms with van der Waals surface area (Å²) in [5.74, 6) is 1.06. The molecule has 2 aromatic heterocycles. The molecule has 0 spiro atoms. The normalized spacial score (nSPS) is 18.2. The van der Waals surface area contributed by atoms with Crippen LogP contribution in [0.25, 0.3) is 0 Å². The first kappa shape index (κ1) is 15.6. The van der Waals surface area contributed by atoms with E-state index in [2.05, 4.69) is 15.1 Å². The van der Waals surface area contributed by atoms with E-state index >= 15 is 0 Å². The van der Waals surface area contributed by atoms with Crippen LogP contribution in [0.2, 0.25) is 0 Å². The van der Waals surface area contributed by atoms with Crippen molar-refractivity contribution in [3.8, 4) is 0 Å². The van der Waals surface area contributed by atoms with Gasteiger partial charge in [0.2, 0.25) is 0 Å². The molecule has 1 amide bonds. The molecule has 122 valence electrons. The Morgan fingerprint density at radius 3 is 3.00 bits per heavy atom. The molecular formula is C16H20N4O3. The van der Waals surface area contributed by atoms with Crippen molar-refractivity contribution in [2.45, 2.75) is 39.4 Å². The minimum absolute atomic E-state index is 0.000523. The Hall–Kier alpha value is -2.28. The summed E-state index contributed by atoms with van der Waals surface area (Å²) in [6, 6.07) is 3.67. The monoisotopic (exact) mass is 316 g/mol. The van der Waals surface area contributed by atoms with Gasteiger partial charge in [-0.05, 0) is 38.8 Å². The predicted molar refractivity (Wildman–Crippen MR) is 81.7 cm³/mol. The van der Waals surface area contributed by atoms with Crippen LogP contribution in [-0.4, -0.2) is 45.1 Å². The molecule has 23 heavy (non-hydrogen) atoms. The summed E-state index contributed by atoms with van der Waals surface area (Å²) < 4.78 is 10.8. The molecule has 7 heteroatoms. The fourth-order valence-electron chi connectivity index (χ4n) is 2.62. The highest BCUT2D eigenvalue weighted by molar-refractivity contribution is 5.94. The first-order valence-electron chi connectivity index (χ1n) is 7.74. The number of aromatic nitrogens is 3. The molecule has 2 aromatic rings. The third-order valence-electron chi connectivity index (χ3n) is 3.84. The van der Waals surface area contributed by atoms with Crippen molar-refractivity contribution in [1.82, 2.24) is 20.0 Å². The smallest absolute Gasteiger partial charge is 0.255 e. The van der Waals surface area contributed by atoms with Gasteiger partial charge in [-0.15, -0.1) is 0 Å². The third kappa shape index (κ3) is 3.92. The van der Waals surface area contributed by atoms with Gasteiger partial charge in [-0.2, -0.15) is 4.98 Å². The molecule has 0 unspecified atom stereocenters. The van der Waals surface area contributed by atoms with Gasteiger partial charge in [0.05, 0.1) is 11.7 Å². The number of carbonyl (C=O) groups is 1. The summed E-state index contributed by atoms with van der Waals surface area (Å²) in [6.07, 6.45) is 3.45. The van der Waals surface area contributed by atoms with Crippen LogP contribution in [0.3, 0.4) is 0 Å². The first-order valence-corrected chi connectivity index (χ1v) is 7.74. The van der Waals surface area contributed by atoms with Crippen LogP contribution in [0.5, 0.6) is 0 Å². The average molecular weight is 316 g/mol. The highest BCUT2D eigenvalue weighted by atomic mass is 16.5. The van der Waals surface area contributed by atoms with Gasteiger partial charge in [0.1, 0.15) is 6.61 Å². The van der Waals surface area contributed by atoms with Crippen molar-refractivity contribution in [1.29, 1.82) is 0 Å². The maximum absolute atomic E-state index is 12.5. The van der Waals surface area contributed by atoms with Crippen LogP contribution in [0.1, 0.15) is 40.6 Å². The zero-order valence-corrected chi connectivity index (χ0v) is 13.4. The summed E-state index contributed by atoms with van der Waals surface area (Å²) in [7, 11) is 0. The molecule has 7 nitrogen and oxygen atoms in total. The van der Waals surface area contributed by atoms with E-state index in [0.29, 0.717) is 23.8 Å². The molecule has 0 N–H and O–H groups in total. The number of likely N-dealkylation sites (tertiary alicyclic amines) is 1. The van der Waals surface area contributed by atoms with Gasteiger partial charge in [-0.25, -0.2) is 0 Å². The van der Waals surface area contributed by atoms with Gasteiger partial charge in [0.25, 0.3) is 11.8 Å². The number of hydrogen-bond donors (Lipinski definition) is 0. The van der Waals surface area contributed by atoms with Crippen LogP contribution in [0, 0.1) is 13.8 Å². The summed E-state index contributed by atoms with van der Waals surface area (Å²) >= 11 is 0. The topological polar surface area (TPSA) is 81.4 Å². The second kappa shape index (κ2) is 6.87. The lowest BCUT2D eigenvalue weighted by molar-refractivity contribution is -0.0153. The number of ether oxygens (including phenoxy) is 1. The van der Waals surface area contributed by atoms with Crippen LogP contribution in [-0.2, 0) is 11.3 Å². The second-order valence-electron chi connectivity index (χ2n) is 5.75. The Kier molecular flexibility index (Phi) is 4.66. The summed E-state index contributed by atoms with van der Waals surface area (Å²) in [5, 5.41) is 3.73. The van der Waals surface area contributed by atoms with Crippen LogP contribution in [0.4, 0.5) is 0 Å². The van der Waals surface area contributed by atoms with Crippen molar-refractivity contribution < 1.29 is 14.1 Å². The highest BCUT2D eigenvalue weighted by Gasteiger charge is 2.25. The molecule has 1 saturated heterocycles. The number of nitrogens with zero attached hydrogens (tertiary/aromatic N) is 4. The summed E-state index contributed by atoms with van der Waals surface area (Å²) in [5.41, 5.74) is 1.51. The van der Waals surface area contributed by atoms with Crippen molar-refractivity contribution in [2.75, 3.05) is 13.1 Å². The fraction of sp³-hybridized carbons (Fsp3) is 0.500. The Balaban J connectivity index is 1.57. The van der Waals surface area contributed by atoms with Gasteiger partial charge in [-0.3, -0.25) is 9.78 Å². The highest BCUT2D eigenvalue weighted by Crippen LogP contribution is 2.17. The minimum atomic E-state index is -0.0155. The van der Waals surface area contributed by atoms with Crippen molar-refractivity contribution in [3.05, 3.63) is 41.3 Å². The zero-order chi connectivity index (χ0) is 16.2. The zero-order valence-electron chi connectivity index (χ0n) is 13.4. The van der Waals surface area contributed by atoms with Gasteiger partial charge >= 0.3 is 0 Å². The number of pyridine rings is 1. The lowest BCUT2D eigenvalue weighted by Crippen LogP contribution is -2.43. The fourth-order valence-corrected chi connectivity index (χ4v) is 2.62. The minimum Gasteiger partial charge on any atom is -0.367 e. The molecule has 1 atom stereocenters. The quantitative estimate of drug-likeness (QED) is 0.857. The molecule has 0 saturated carbocycles. The Morgan fingerprint density at radius 1 is 1.43 bits per heavy atom. The van der Waals surface area contributed by atoms with E-state index in [1.807, 2.05) is 24.0 Å². The molecule has 1 fully saturated rings. The Labute approximate surface area is 134 Å². The predicted octanol–water partition coefficient (Wildman–Crippen LogP) is 1.90. The number of rotatable bonds is 4. The van der Waals surface area contributed by atoms with Gasteiger partial charge in [0, 0.05) is 25.0 Å². The van der Waals surface area contributed by atoms with E-state index < -0.39 is 0 Å². The molecule has 0 aromatic carbocycles. The van der Waals surface area contributed by atoms with E-state index in [-0.39, 0.29) is 18.6 Å². The van der Waals surface area contributed by atoms with Gasteiger partial charge in [-0.1, -0.05) is 5.16 Å². The van der Waals surface area contributed by atoms with Crippen molar-refractivity contribution >= 4 is 5.91 Å². The summed E-state index contributed by atoms with van der Waals surface area (Å²) in [4.78, 5) is 22.6. The van der Waals surface area contributed by atoms with Crippen molar-refractivity contribution in [2.24, 2.45) is 0 Å². The number of hydrogen-bond acceptors (Lipinski definition) is 6. The van der Waals surface area contributed by atoms with E-state index in [4.69, 9.17) is 9.26 Å². The number of amides is 1. The average Bonchev–Trinajstić information content (AvgIpc) is 2.99. The van der Waals surface area contributed by atoms with Crippen molar-refractivity contribution in [3.63, 3.8) is 0 Å². The van der Waals surface area contributed by atoms with Gasteiger partial charge < -0.3 is 14.2 Å². The maximum Gasteiger partial charge on any atom is 0.255 e. The van der Waals surface area contributed by atoms with E-state index in [1.165, 1.54) is 0 Å². The Morgan fingerprint density at radius 2 is 2.30 bits per heavy atom. The lowest BCUT2D eigenvalue weighted by atomic mass is 10.1. The molecule has 3 rings (SSSR count). The van der Waals surface area contributed by atoms with E-state index in [9.17, 15) is 4.79 Å². The summed E-state index contributed by atoms with van der Waals surface area (Å²) in [6.45, 7) is 5.26. The third-order valence-corrected chi connectivity index (χ3v) is 3.84. The first-order chi connectivity index (χ1) is 11.1. The maximum atomic E-state index is 12.5. The number of carbonyl (C=O) groups excluding carboxylic acids is 1. The molecular weight excluding hydrogens is 296 g/mol. The van der Waals surface area contributed by atoms with Crippen LogP contribution in [0.15, 0.2) is 22.9 Å². The molecule has 1 aliphatic rings. The Bertz CT molecular complexity index is 668. The van der Waals surface area contributed by atoms with E-state index in [1.54, 1.807) is 13.1 Å². The molecule has 0 bridgehead atoms. The lowest BCUT2D eigenvalue weighted by Gasteiger charge is -2.32. The number of aryl methyl sites for hydroxylation is 2. The van der Waals surface area contributed by atoms with Crippen LogP contribution >= 0.6 is 0 Å². The molecule has 3 heterocycles. The SMILES string of the molecule is Cc1ccc(C(=O)N2CCC[C@H](OCc3nc(C)no3)C2)cn1. The molecule has 0 aliphatic carbocycles. The standard InChI is InChI=1S/C16H20N4O3/c1-11-5-6-13(8-17-11)16(21)20-7-3-4-14(9-20)22-10-15-18-12(2)19-23-15/h5-6,8,14H,3-4,7,9-10H2,1-2H3/t14-/m0/s1. The van der Waals surface area contributed by atoms with E-state index in [0.717, 1.165) is 25.1 Å². The largest absolute Gasteiger partial charge is 0.367 e. The molecule has 1 aliphatic heterocycles. The van der Waals surface area contributed by atoms with Crippen LogP contribution < -0.4 is 0 Å². The second-order valence-corrected chi connectivity index (χ2v) is 5.75. The molecule has 0 radical (unpaired) electrons. The van der Waals surface area contributed by atoms with Gasteiger partial charge in [0.15, 0.2) is 5.82 Å².